The molecule has 1 N–H and O–H groups in total. The van der Waals surface area contributed by atoms with Crippen molar-refractivity contribution in [2.24, 2.45) is 5.92 Å². The average Bonchev–Trinajstić information content (AvgIpc) is 3.05. The van der Waals surface area contributed by atoms with Gasteiger partial charge in [-0.3, -0.25) is 14.3 Å². The number of methoxy groups -OCH3 is 1. The molecule has 0 radical (unpaired) electrons. The standard InChI is InChI=1S/C26H31N3O4/c1-17(2)16-29-19(4)22(18(3)28-29)14-15-25(30)33-21-12-10-20(11-13-21)27-26(31)23-8-6-7-9-24(23)32-5/h6-13,17H,14-16H2,1-5H3,(H,27,31). The van der Waals surface area contributed by atoms with Crippen LogP contribution in [0.2, 0.25) is 0 Å². The fourth-order valence-corrected chi connectivity index (χ4v) is 3.67. The van der Waals surface area contributed by atoms with E-state index >= 15 is 0 Å². The zero-order valence-corrected chi connectivity index (χ0v) is 19.8. The summed E-state index contributed by atoms with van der Waals surface area (Å²) >= 11 is 0. The highest BCUT2D eigenvalue weighted by molar-refractivity contribution is 6.06. The van der Waals surface area contributed by atoms with Crippen LogP contribution in [0.5, 0.6) is 11.5 Å². The molecule has 1 aromatic heterocycles. The molecule has 0 saturated heterocycles. The minimum absolute atomic E-state index is 0.265. The molecule has 7 heteroatoms. The third-order valence-corrected chi connectivity index (χ3v) is 5.34. The second-order valence-corrected chi connectivity index (χ2v) is 8.38. The Morgan fingerprint density at radius 1 is 1.06 bits per heavy atom. The highest BCUT2D eigenvalue weighted by Crippen LogP contribution is 2.22. The number of anilines is 1. The Morgan fingerprint density at radius 3 is 2.42 bits per heavy atom. The number of rotatable bonds is 9. The number of ether oxygens (including phenoxy) is 2. The molecule has 7 nitrogen and oxygen atoms in total. The smallest absolute Gasteiger partial charge is 0.311 e. The molecule has 33 heavy (non-hydrogen) atoms. The van der Waals surface area contributed by atoms with Crippen LogP contribution in [0.15, 0.2) is 48.5 Å². The molecule has 3 rings (SSSR count). The van der Waals surface area contributed by atoms with Gasteiger partial charge in [0, 0.05) is 17.9 Å². The number of amides is 1. The van der Waals surface area contributed by atoms with E-state index in [9.17, 15) is 9.59 Å². The third kappa shape index (κ3) is 6.22. The van der Waals surface area contributed by atoms with E-state index in [1.54, 1.807) is 48.5 Å². The first-order valence-corrected chi connectivity index (χ1v) is 11.1. The predicted octanol–water partition coefficient (Wildman–Crippen LogP) is 4.96. The van der Waals surface area contributed by atoms with Crippen molar-refractivity contribution < 1.29 is 19.1 Å². The van der Waals surface area contributed by atoms with Gasteiger partial charge < -0.3 is 14.8 Å². The summed E-state index contributed by atoms with van der Waals surface area (Å²) in [5.74, 6) is 0.848. The number of aromatic nitrogens is 2. The summed E-state index contributed by atoms with van der Waals surface area (Å²) in [6.07, 6.45) is 0.850. The molecule has 0 unspecified atom stereocenters. The molecule has 0 aliphatic carbocycles. The molecule has 1 amide bonds. The Bertz CT molecular complexity index is 1120. The number of esters is 1. The van der Waals surface area contributed by atoms with Crippen molar-refractivity contribution in [3.05, 3.63) is 71.0 Å². The zero-order valence-electron chi connectivity index (χ0n) is 19.8. The molecule has 0 bridgehead atoms. The lowest BCUT2D eigenvalue weighted by Gasteiger charge is -2.10. The number of carbonyl (C=O) groups excluding carboxylic acids is 2. The number of carbonyl (C=O) groups is 2. The molecule has 0 fully saturated rings. The van der Waals surface area contributed by atoms with Gasteiger partial charge in [-0.2, -0.15) is 5.10 Å². The minimum Gasteiger partial charge on any atom is -0.496 e. The van der Waals surface area contributed by atoms with Crippen LogP contribution in [0, 0.1) is 19.8 Å². The van der Waals surface area contributed by atoms with Crippen molar-refractivity contribution >= 4 is 17.6 Å². The molecular weight excluding hydrogens is 418 g/mol. The topological polar surface area (TPSA) is 82.4 Å². The minimum atomic E-state index is -0.309. The van der Waals surface area contributed by atoms with Crippen molar-refractivity contribution in [2.75, 3.05) is 12.4 Å². The van der Waals surface area contributed by atoms with Gasteiger partial charge in [-0.1, -0.05) is 26.0 Å². The maximum absolute atomic E-state index is 12.5. The van der Waals surface area contributed by atoms with Crippen molar-refractivity contribution in [3.63, 3.8) is 0 Å². The van der Waals surface area contributed by atoms with Crippen LogP contribution in [-0.2, 0) is 17.8 Å². The normalized spacial score (nSPS) is 10.8. The maximum atomic E-state index is 12.5. The molecular formula is C26H31N3O4. The van der Waals surface area contributed by atoms with E-state index in [1.165, 1.54) is 7.11 Å². The van der Waals surface area contributed by atoms with Gasteiger partial charge in [0.15, 0.2) is 0 Å². The van der Waals surface area contributed by atoms with Crippen molar-refractivity contribution in [2.45, 2.75) is 47.1 Å². The number of aryl methyl sites for hydroxylation is 1. The number of nitrogens with zero attached hydrogens (tertiary/aromatic N) is 2. The van der Waals surface area contributed by atoms with E-state index in [-0.39, 0.29) is 18.3 Å². The Morgan fingerprint density at radius 2 is 1.76 bits per heavy atom. The van der Waals surface area contributed by atoms with Crippen LogP contribution in [0.4, 0.5) is 5.69 Å². The van der Waals surface area contributed by atoms with Gasteiger partial charge in [0.25, 0.3) is 5.91 Å². The molecule has 0 aliphatic rings. The van der Waals surface area contributed by atoms with Gasteiger partial charge in [0.1, 0.15) is 11.5 Å². The maximum Gasteiger partial charge on any atom is 0.311 e. The third-order valence-electron chi connectivity index (χ3n) is 5.34. The molecule has 0 atom stereocenters. The van der Waals surface area contributed by atoms with E-state index < -0.39 is 0 Å². The molecule has 2 aromatic carbocycles. The van der Waals surface area contributed by atoms with Crippen LogP contribution < -0.4 is 14.8 Å². The van der Waals surface area contributed by atoms with E-state index in [1.807, 2.05) is 18.5 Å². The lowest BCUT2D eigenvalue weighted by Crippen LogP contribution is -2.13. The number of nitrogens with one attached hydrogen (secondary N) is 1. The quantitative estimate of drug-likeness (QED) is 0.369. The largest absolute Gasteiger partial charge is 0.496 e. The summed E-state index contributed by atoms with van der Waals surface area (Å²) in [7, 11) is 1.52. The van der Waals surface area contributed by atoms with Crippen molar-refractivity contribution in [1.82, 2.24) is 9.78 Å². The number of benzene rings is 2. The summed E-state index contributed by atoms with van der Waals surface area (Å²) in [5, 5.41) is 7.42. The molecule has 0 spiro atoms. The Kier molecular flexibility index (Phi) is 7.87. The fourth-order valence-electron chi connectivity index (χ4n) is 3.67. The molecule has 0 saturated carbocycles. The predicted molar refractivity (Wildman–Crippen MR) is 128 cm³/mol. The van der Waals surface area contributed by atoms with Gasteiger partial charge in [-0.25, -0.2) is 0 Å². The van der Waals surface area contributed by atoms with Crippen LogP contribution in [0.25, 0.3) is 0 Å². The molecule has 1 heterocycles. The molecule has 174 valence electrons. The Balaban J connectivity index is 1.55. The average molecular weight is 450 g/mol. The van der Waals surface area contributed by atoms with E-state index in [4.69, 9.17) is 9.47 Å². The number of para-hydroxylation sites is 1. The molecule has 3 aromatic rings. The van der Waals surface area contributed by atoms with E-state index in [2.05, 4.69) is 24.3 Å². The summed E-state index contributed by atoms with van der Waals surface area (Å²) in [4.78, 5) is 24.9. The summed E-state index contributed by atoms with van der Waals surface area (Å²) in [5.41, 5.74) is 4.19. The van der Waals surface area contributed by atoms with Gasteiger partial charge in [0.05, 0.1) is 24.8 Å². The first kappa shape index (κ1) is 24.0. The monoisotopic (exact) mass is 449 g/mol. The second-order valence-electron chi connectivity index (χ2n) is 8.38. The van der Waals surface area contributed by atoms with E-state index in [0.29, 0.717) is 35.1 Å². The second kappa shape index (κ2) is 10.8. The van der Waals surface area contributed by atoms with Gasteiger partial charge in [0.2, 0.25) is 0 Å². The highest BCUT2D eigenvalue weighted by Gasteiger charge is 2.15. The summed E-state index contributed by atoms with van der Waals surface area (Å²) in [6.45, 7) is 9.19. The van der Waals surface area contributed by atoms with Crippen molar-refractivity contribution in [1.29, 1.82) is 0 Å². The highest BCUT2D eigenvalue weighted by atomic mass is 16.5. The fraction of sp³-hybridized carbons (Fsp3) is 0.346. The lowest BCUT2D eigenvalue weighted by atomic mass is 10.1. The Hall–Kier alpha value is -3.61. The van der Waals surface area contributed by atoms with Crippen LogP contribution in [0.1, 0.15) is 47.6 Å². The van der Waals surface area contributed by atoms with Gasteiger partial charge in [-0.15, -0.1) is 0 Å². The van der Waals surface area contributed by atoms with Crippen LogP contribution in [0.3, 0.4) is 0 Å². The molecule has 0 aliphatic heterocycles. The summed E-state index contributed by atoms with van der Waals surface area (Å²) in [6, 6.07) is 13.7. The number of hydrogen-bond donors (Lipinski definition) is 1. The van der Waals surface area contributed by atoms with Crippen LogP contribution >= 0.6 is 0 Å². The zero-order chi connectivity index (χ0) is 24.0. The number of hydrogen-bond acceptors (Lipinski definition) is 5. The van der Waals surface area contributed by atoms with E-state index in [0.717, 1.165) is 23.5 Å². The van der Waals surface area contributed by atoms with Crippen LogP contribution in [-0.4, -0.2) is 28.8 Å². The SMILES string of the molecule is COc1ccccc1C(=O)Nc1ccc(OC(=O)CCc2c(C)nn(CC(C)C)c2C)cc1. The summed E-state index contributed by atoms with van der Waals surface area (Å²) < 4.78 is 12.7. The first-order valence-electron chi connectivity index (χ1n) is 11.1. The lowest BCUT2D eigenvalue weighted by molar-refractivity contribution is -0.134. The first-order chi connectivity index (χ1) is 15.8. The van der Waals surface area contributed by atoms with Gasteiger partial charge in [-0.05, 0) is 68.1 Å². The van der Waals surface area contributed by atoms with Crippen molar-refractivity contribution in [3.8, 4) is 11.5 Å². The Labute approximate surface area is 194 Å². The van der Waals surface area contributed by atoms with Gasteiger partial charge >= 0.3 is 5.97 Å².